The van der Waals surface area contributed by atoms with E-state index in [0.717, 1.165) is 38.9 Å². The molecule has 0 saturated carbocycles. The molecular weight excluding hydrogens is 280 g/mol. The molecular formula is C17H30N2O3. The molecule has 22 heavy (non-hydrogen) atoms. The molecule has 1 aromatic heterocycles. The van der Waals surface area contributed by atoms with Crippen LogP contribution < -0.4 is 5.43 Å². The first-order valence-corrected chi connectivity index (χ1v) is 8.36. The quantitative estimate of drug-likeness (QED) is 0.652. The van der Waals surface area contributed by atoms with Crippen LogP contribution in [0.4, 0.5) is 0 Å². The summed E-state index contributed by atoms with van der Waals surface area (Å²) >= 11 is 0. The number of nitrogens with zero attached hydrogens (tertiary/aromatic N) is 2. The van der Waals surface area contributed by atoms with Crippen molar-refractivity contribution < 1.29 is 10.2 Å². The predicted octanol–water partition coefficient (Wildman–Crippen LogP) is 2.47. The lowest BCUT2D eigenvalue weighted by molar-refractivity contribution is 0.255. The van der Waals surface area contributed by atoms with E-state index in [-0.39, 0.29) is 12.4 Å². The average molecular weight is 310 g/mol. The summed E-state index contributed by atoms with van der Waals surface area (Å²) in [6, 6.07) is 1.35. The lowest BCUT2D eigenvalue weighted by Crippen LogP contribution is -2.27. The number of aliphatic hydroxyl groups excluding tert-OH is 1. The van der Waals surface area contributed by atoms with Crippen LogP contribution in [0.3, 0.4) is 0 Å². The summed E-state index contributed by atoms with van der Waals surface area (Å²) in [6.07, 6.45) is 4.42. The van der Waals surface area contributed by atoms with Gasteiger partial charge in [0.15, 0.2) is 5.75 Å². The monoisotopic (exact) mass is 310 g/mol. The molecule has 1 heterocycles. The molecule has 1 aromatic rings. The molecule has 1 rings (SSSR count). The number of rotatable bonds is 10. The van der Waals surface area contributed by atoms with Gasteiger partial charge < -0.3 is 14.8 Å². The second kappa shape index (κ2) is 9.64. The van der Waals surface area contributed by atoms with Gasteiger partial charge in [-0.2, -0.15) is 0 Å². The van der Waals surface area contributed by atoms with Crippen LogP contribution in [0.15, 0.2) is 10.9 Å². The average Bonchev–Trinajstić information content (AvgIpc) is 2.53. The molecule has 0 spiro atoms. The number of pyridine rings is 1. The van der Waals surface area contributed by atoms with Crippen molar-refractivity contribution in [1.29, 1.82) is 0 Å². The molecule has 0 fully saturated rings. The lowest BCUT2D eigenvalue weighted by atomic mass is 10.1. The minimum absolute atomic E-state index is 0.181. The summed E-state index contributed by atoms with van der Waals surface area (Å²) in [6.45, 7) is 9.04. The first-order valence-electron chi connectivity index (χ1n) is 8.36. The van der Waals surface area contributed by atoms with Gasteiger partial charge in [0.25, 0.3) is 0 Å². The second-order valence-electron chi connectivity index (χ2n) is 5.63. The Kier molecular flexibility index (Phi) is 8.20. The topological polar surface area (TPSA) is 65.7 Å². The Morgan fingerprint density at radius 2 is 1.82 bits per heavy atom. The second-order valence-corrected chi connectivity index (χ2v) is 5.63. The summed E-state index contributed by atoms with van der Waals surface area (Å²) < 4.78 is 1.92. The zero-order valence-electron chi connectivity index (χ0n) is 14.1. The van der Waals surface area contributed by atoms with Crippen molar-refractivity contribution in [3.05, 3.63) is 27.7 Å². The highest BCUT2D eigenvalue weighted by molar-refractivity contribution is 5.30. The molecule has 5 heteroatoms. The zero-order valence-corrected chi connectivity index (χ0v) is 14.1. The molecule has 0 saturated heterocycles. The fourth-order valence-corrected chi connectivity index (χ4v) is 2.67. The highest BCUT2D eigenvalue weighted by atomic mass is 16.3. The fourth-order valence-electron chi connectivity index (χ4n) is 2.67. The van der Waals surface area contributed by atoms with Crippen molar-refractivity contribution in [2.24, 2.45) is 0 Å². The minimum Gasteiger partial charge on any atom is -0.503 e. The van der Waals surface area contributed by atoms with Crippen LogP contribution in [0.1, 0.15) is 57.8 Å². The van der Waals surface area contributed by atoms with Gasteiger partial charge in [0.1, 0.15) is 0 Å². The largest absolute Gasteiger partial charge is 0.503 e. The first kappa shape index (κ1) is 18.7. The van der Waals surface area contributed by atoms with Gasteiger partial charge in [0.05, 0.1) is 12.3 Å². The van der Waals surface area contributed by atoms with Crippen molar-refractivity contribution in [1.82, 2.24) is 9.47 Å². The predicted molar refractivity (Wildman–Crippen MR) is 89.1 cm³/mol. The van der Waals surface area contributed by atoms with Crippen LogP contribution >= 0.6 is 0 Å². The lowest BCUT2D eigenvalue weighted by Gasteiger charge is -2.24. The maximum absolute atomic E-state index is 11.9. The Hall–Kier alpha value is -1.33. The third-order valence-electron chi connectivity index (χ3n) is 4.14. The van der Waals surface area contributed by atoms with E-state index in [1.54, 1.807) is 0 Å². The third-order valence-corrected chi connectivity index (χ3v) is 4.14. The van der Waals surface area contributed by atoms with Gasteiger partial charge in [-0.05, 0) is 19.5 Å². The summed E-state index contributed by atoms with van der Waals surface area (Å²) in [5.41, 5.74) is 0.800. The van der Waals surface area contributed by atoms with Gasteiger partial charge in [0.2, 0.25) is 5.43 Å². The van der Waals surface area contributed by atoms with Crippen molar-refractivity contribution in [3.63, 3.8) is 0 Å². The van der Waals surface area contributed by atoms with Crippen LogP contribution in [-0.4, -0.2) is 32.8 Å². The number of aliphatic hydroxyl groups is 1. The standard InChI is InChI=1S/C17H30N2O3/c1-4-7-8-9-10-19-14(13-20)11-16(21)17(22)15(19)12-18(5-2)6-3/h11,20,22H,4-10,12-13H2,1-3H3. The van der Waals surface area contributed by atoms with Crippen molar-refractivity contribution in [2.45, 2.75) is 66.2 Å². The summed E-state index contributed by atoms with van der Waals surface area (Å²) in [5.74, 6) is -0.181. The highest BCUT2D eigenvalue weighted by Gasteiger charge is 2.16. The highest BCUT2D eigenvalue weighted by Crippen LogP contribution is 2.18. The molecule has 0 aliphatic heterocycles. The molecule has 5 nitrogen and oxygen atoms in total. The molecule has 0 radical (unpaired) electrons. The number of hydrogen-bond acceptors (Lipinski definition) is 4. The maximum Gasteiger partial charge on any atom is 0.223 e. The molecule has 126 valence electrons. The SMILES string of the molecule is CCCCCCn1c(CO)cc(=O)c(O)c1CN(CC)CC. The van der Waals surface area contributed by atoms with E-state index in [9.17, 15) is 15.0 Å². The smallest absolute Gasteiger partial charge is 0.223 e. The molecule has 0 aromatic carbocycles. The van der Waals surface area contributed by atoms with Crippen molar-refractivity contribution >= 4 is 0 Å². The molecule has 2 N–H and O–H groups in total. The van der Waals surface area contributed by atoms with Gasteiger partial charge in [-0.15, -0.1) is 0 Å². The third kappa shape index (κ3) is 4.85. The summed E-state index contributed by atoms with van der Waals surface area (Å²) in [5, 5.41) is 19.8. The van der Waals surface area contributed by atoms with Gasteiger partial charge in [-0.1, -0.05) is 40.0 Å². The molecule has 0 aliphatic carbocycles. The molecule has 0 bridgehead atoms. The van der Waals surface area contributed by atoms with Gasteiger partial charge in [-0.25, -0.2) is 0 Å². The van der Waals surface area contributed by atoms with Crippen molar-refractivity contribution in [3.8, 4) is 5.75 Å². The van der Waals surface area contributed by atoms with Gasteiger partial charge >= 0.3 is 0 Å². The Morgan fingerprint density at radius 3 is 2.36 bits per heavy atom. The molecule has 0 atom stereocenters. The van der Waals surface area contributed by atoms with E-state index >= 15 is 0 Å². The van der Waals surface area contributed by atoms with Crippen LogP contribution in [0.5, 0.6) is 5.75 Å². The van der Waals surface area contributed by atoms with E-state index in [1.807, 2.05) is 4.57 Å². The number of aromatic hydroxyl groups is 1. The Bertz CT molecular complexity index is 507. The van der Waals surface area contributed by atoms with Gasteiger partial charge in [-0.3, -0.25) is 9.69 Å². The van der Waals surface area contributed by atoms with Gasteiger partial charge in [0, 0.05) is 24.8 Å². The van der Waals surface area contributed by atoms with E-state index < -0.39 is 5.43 Å². The Labute approximate surface area is 133 Å². The number of hydrogen-bond donors (Lipinski definition) is 2. The Morgan fingerprint density at radius 1 is 1.14 bits per heavy atom. The summed E-state index contributed by atoms with van der Waals surface area (Å²) in [7, 11) is 0. The Balaban J connectivity index is 3.12. The fraction of sp³-hybridized carbons (Fsp3) is 0.706. The molecule has 0 amide bonds. The summed E-state index contributed by atoms with van der Waals surface area (Å²) in [4.78, 5) is 14.1. The van der Waals surface area contributed by atoms with E-state index in [2.05, 4.69) is 25.7 Å². The van der Waals surface area contributed by atoms with Crippen LogP contribution in [0, 0.1) is 0 Å². The van der Waals surface area contributed by atoms with Crippen LogP contribution in [-0.2, 0) is 19.7 Å². The normalized spacial score (nSPS) is 11.3. The molecule has 0 aliphatic rings. The van der Waals surface area contributed by atoms with E-state index in [1.165, 1.54) is 12.5 Å². The van der Waals surface area contributed by atoms with Crippen LogP contribution in [0.2, 0.25) is 0 Å². The first-order chi connectivity index (χ1) is 10.6. The van der Waals surface area contributed by atoms with E-state index in [4.69, 9.17) is 0 Å². The minimum atomic E-state index is -0.406. The number of aromatic nitrogens is 1. The number of unbranched alkanes of at least 4 members (excludes halogenated alkanes) is 3. The maximum atomic E-state index is 11.9. The molecule has 0 unspecified atom stereocenters. The van der Waals surface area contributed by atoms with Crippen molar-refractivity contribution in [2.75, 3.05) is 13.1 Å². The van der Waals surface area contributed by atoms with Crippen LogP contribution in [0.25, 0.3) is 0 Å². The van der Waals surface area contributed by atoms with E-state index in [0.29, 0.717) is 17.9 Å². The zero-order chi connectivity index (χ0) is 16.5.